The summed E-state index contributed by atoms with van der Waals surface area (Å²) in [6, 6.07) is 8.78. The van der Waals surface area contributed by atoms with Crippen LogP contribution in [0.3, 0.4) is 0 Å². The van der Waals surface area contributed by atoms with E-state index in [9.17, 15) is 13.6 Å². The van der Waals surface area contributed by atoms with E-state index in [-0.39, 0.29) is 18.0 Å². The van der Waals surface area contributed by atoms with Crippen molar-refractivity contribution < 1.29 is 23.4 Å². The number of hydrogen-bond acceptors (Lipinski definition) is 2. The van der Waals surface area contributed by atoms with Crippen molar-refractivity contribution in [2.24, 2.45) is 0 Å². The van der Waals surface area contributed by atoms with E-state index in [1.54, 1.807) is 0 Å². The molecule has 0 aliphatic rings. The van der Waals surface area contributed by atoms with Gasteiger partial charge in [-0.15, -0.1) is 0 Å². The Kier molecular flexibility index (Phi) is 3.75. The summed E-state index contributed by atoms with van der Waals surface area (Å²) in [7, 11) is 0. The number of aromatic carboxylic acids is 1. The van der Waals surface area contributed by atoms with Crippen LogP contribution in [0, 0.1) is 11.6 Å². The second-order valence-electron chi connectivity index (χ2n) is 3.85. The Morgan fingerprint density at radius 3 is 2.32 bits per heavy atom. The van der Waals surface area contributed by atoms with E-state index in [2.05, 4.69) is 0 Å². The number of carboxylic acid groups (broad SMARTS) is 1. The molecule has 0 radical (unpaired) electrons. The minimum absolute atomic E-state index is 0.0342. The summed E-state index contributed by atoms with van der Waals surface area (Å²) in [4.78, 5) is 11.0. The van der Waals surface area contributed by atoms with Crippen LogP contribution in [0.2, 0.25) is 0 Å². The molecule has 2 aromatic carbocycles. The van der Waals surface area contributed by atoms with Gasteiger partial charge in [0.2, 0.25) is 0 Å². The van der Waals surface area contributed by atoms with Gasteiger partial charge in [0.15, 0.2) is 0 Å². The first-order valence-electron chi connectivity index (χ1n) is 5.46. The average Bonchev–Trinajstić information content (AvgIpc) is 2.39. The summed E-state index contributed by atoms with van der Waals surface area (Å²) in [6.45, 7) is -0.0342. The van der Waals surface area contributed by atoms with Gasteiger partial charge in [-0.2, -0.15) is 0 Å². The van der Waals surface area contributed by atoms with E-state index in [0.29, 0.717) is 11.3 Å². The predicted molar refractivity (Wildman–Crippen MR) is 64.1 cm³/mol. The van der Waals surface area contributed by atoms with Crippen LogP contribution in [0.1, 0.15) is 15.9 Å². The van der Waals surface area contributed by atoms with E-state index in [4.69, 9.17) is 9.84 Å². The Morgan fingerprint density at radius 1 is 1.05 bits per heavy atom. The summed E-state index contributed by atoms with van der Waals surface area (Å²) in [6.07, 6.45) is 0. The molecule has 0 aliphatic carbocycles. The van der Waals surface area contributed by atoms with Crippen molar-refractivity contribution >= 4 is 5.97 Å². The molecule has 0 spiro atoms. The summed E-state index contributed by atoms with van der Waals surface area (Å²) < 4.78 is 31.0. The zero-order chi connectivity index (χ0) is 13.8. The smallest absolute Gasteiger partial charge is 0.336 e. The maximum atomic E-state index is 13.0. The minimum Gasteiger partial charge on any atom is -0.489 e. The zero-order valence-electron chi connectivity index (χ0n) is 9.77. The van der Waals surface area contributed by atoms with Crippen LogP contribution in [0.25, 0.3) is 0 Å². The lowest BCUT2D eigenvalue weighted by Crippen LogP contribution is -2.06. The first kappa shape index (κ1) is 13.0. The van der Waals surface area contributed by atoms with Crippen molar-refractivity contribution in [2.45, 2.75) is 6.61 Å². The highest BCUT2D eigenvalue weighted by atomic mass is 19.1. The zero-order valence-corrected chi connectivity index (χ0v) is 9.77. The standard InChI is InChI=1S/C14H10F2O3/c15-10-3-5-12(6-4-10)19-8-9-1-2-11(16)7-13(9)14(17)18/h1-7H,8H2,(H,17,18). The van der Waals surface area contributed by atoms with Gasteiger partial charge in [-0.3, -0.25) is 0 Å². The highest BCUT2D eigenvalue weighted by molar-refractivity contribution is 5.89. The van der Waals surface area contributed by atoms with Crippen molar-refractivity contribution in [3.63, 3.8) is 0 Å². The molecule has 0 amide bonds. The maximum absolute atomic E-state index is 13.0. The van der Waals surface area contributed by atoms with Crippen molar-refractivity contribution in [3.8, 4) is 5.75 Å². The van der Waals surface area contributed by atoms with Gasteiger partial charge >= 0.3 is 5.97 Å². The van der Waals surface area contributed by atoms with E-state index < -0.39 is 11.8 Å². The summed E-state index contributed by atoms with van der Waals surface area (Å²) in [5.74, 6) is -1.83. The third-order valence-electron chi connectivity index (χ3n) is 2.51. The number of rotatable bonds is 4. The molecule has 5 heteroatoms. The summed E-state index contributed by atoms with van der Waals surface area (Å²) in [5.41, 5.74) is 0.195. The molecule has 3 nitrogen and oxygen atoms in total. The van der Waals surface area contributed by atoms with Crippen LogP contribution in [-0.2, 0) is 6.61 Å². The first-order chi connectivity index (χ1) is 9.06. The molecular weight excluding hydrogens is 254 g/mol. The highest BCUT2D eigenvalue weighted by Gasteiger charge is 2.11. The fraction of sp³-hybridized carbons (Fsp3) is 0.0714. The van der Waals surface area contributed by atoms with E-state index in [0.717, 1.165) is 12.1 Å². The molecule has 0 aromatic heterocycles. The topological polar surface area (TPSA) is 46.5 Å². The predicted octanol–water partition coefficient (Wildman–Crippen LogP) is 3.24. The molecule has 2 aromatic rings. The normalized spacial score (nSPS) is 10.2. The van der Waals surface area contributed by atoms with Crippen LogP contribution >= 0.6 is 0 Å². The Bertz CT molecular complexity index is 594. The molecule has 0 heterocycles. The number of ether oxygens (including phenoxy) is 1. The lowest BCUT2D eigenvalue weighted by Gasteiger charge is -2.08. The highest BCUT2D eigenvalue weighted by Crippen LogP contribution is 2.16. The molecule has 98 valence electrons. The Labute approximate surface area is 108 Å². The summed E-state index contributed by atoms with van der Waals surface area (Å²) >= 11 is 0. The van der Waals surface area contributed by atoms with Crippen LogP contribution < -0.4 is 4.74 Å². The molecule has 0 unspecified atom stereocenters. The molecule has 1 N–H and O–H groups in total. The van der Waals surface area contributed by atoms with Crippen LogP contribution in [0.15, 0.2) is 42.5 Å². The van der Waals surface area contributed by atoms with Crippen LogP contribution in [-0.4, -0.2) is 11.1 Å². The van der Waals surface area contributed by atoms with Gasteiger partial charge in [-0.05, 0) is 36.4 Å². The van der Waals surface area contributed by atoms with Gasteiger partial charge in [0.1, 0.15) is 24.0 Å². The fourth-order valence-corrected chi connectivity index (χ4v) is 1.57. The second kappa shape index (κ2) is 5.48. The van der Waals surface area contributed by atoms with Crippen molar-refractivity contribution in [1.82, 2.24) is 0 Å². The van der Waals surface area contributed by atoms with Gasteiger partial charge in [0.05, 0.1) is 5.56 Å². The van der Waals surface area contributed by atoms with Gasteiger partial charge in [0, 0.05) is 5.56 Å². The third-order valence-corrected chi connectivity index (χ3v) is 2.51. The molecular formula is C14H10F2O3. The SMILES string of the molecule is O=C(O)c1cc(F)ccc1COc1ccc(F)cc1. The average molecular weight is 264 g/mol. The van der Waals surface area contributed by atoms with Gasteiger partial charge in [-0.25, -0.2) is 13.6 Å². The molecule has 0 aliphatic heterocycles. The molecule has 19 heavy (non-hydrogen) atoms. The van der Waals surface area contributed by atoms with Crippen LogP contribution in [0.5, 0.6) is 5.75 Å². The number of carbonyl (C=O) groups is 1. The number of halogens is 2. The number of benzene rings is 2. The van der Waals surface area contributed by atoms with Crippen molar-refractivity contribution in [1.29, 1.82) is 0 Å². The van der Waals surface area contributed by atoms with Crippen LogP contribution in [0.4, 0.5) is 8.78 Å². The minimum atomic E-state index is -1.22. The van der Waals surface area contributed by atoms with E-state index >= 15 is 0 Å². The van der Waals surface area contributed by atoms with E-state index in [1.807, 2.05) is 0 Å². The van der Waals surface area contributed by atoms with Gasteiger partial charge in [-0.1, -0.05) is 6.07 Å². The molecule has 2 rings (SSSR count). The fourth-order valence-electron chi connectivity index (χ4n) is 1.57. The second-order valence-corrected chi connectivity index (χ2v) is 3.85. The summed E-state index contributed by atoms with van der Waals surface area (Å²) in [5, 5.41) is 8.95. The van der Waals surface area contributed by atoms with Gasteiger partial charge in [0.25, 0.3) is 0 Å². The molecule has 0 bridgehead atoms. The third kappa shape index (κ3) is 3.28. The maximum Gasteiger partial charge on any atom is 0.336 e. The Morgan fingerprint density at radius 2 is 1.68 bits per heavy atom. The molecule has 0 atom stereocenters. The first-order valence-corrected chi connectivity index (χ1v) is 5.46. The van der Waals surface area contributed by atoms with Crippen molar-refractivity contribution in [2.75, 3.05) is 0 Å². The monoisotopic (exact) mass is 264 g/mol. The Hall–Kier alpha value is -2.43. The lowest BCUT2D eigenvalue weighted by atomic mass is 10.1. The lowest BCUT2D eigenvalue weighted by molar-refractivity contribution is 0.0693. The quantitative estimate of drug-likeness (QED) is 0.922. The number of carboxylic acids is 1. The molecule has 0 saturated heterocycles. The van der Waals surface area contributed by atoms with Crippen molar-refractivity contribution in [3.05, 3.63) is 65.2 Å². The Balaban J connectivity index is 2.15. The van der Waals surface area contributed by atoms with E-state index in [1.165, 1.54) is 30.3 Å². The number of hydrogen-bond donors (Lipinski definition) is 1. The largest absolute Gasteiger partial charge is 0.489 e. The molecule has 0 fully saturated rings. The molecule has 0 saturated carbocycles. The van der Waals surface area contributed by atoms with Gasteiger partial charge < -0.3 is 9.84 Å².